The number of aryl methyl sites for hydroxylation is 2. The standard InChI is InChI=1S/C39H61NO5.C4H6N2/c1-4-6-8-10-12-14-16-18-20-22-28-44-36-31-34(38(41)40-35-26-24-33(25-27-35)39(42)43)30-32(3)37(36)45-29-23-21-19-17-15-13-11-9-7-5-2;1-4-5-2-3-6-4/h24-27,30-31H,4-23,28-29H2,1-3H3,(H,40,41)(H,42,43);2-3H,1H3,(H,5,6). The number of hydrogen-bond acceptors (Lipinski definition) is 5. The van der Waals surface area contributed by atoms with E-state index in [2.05, 4.69) is 29.1 Å². The summed E-state index contributed by atoms with van der Waals surface area (Å²) in [4.78, 5) is 31.1. The lowest BCUT2D eigenvalue weighted by Gasteiger charge is -2.17. The predicted molar refractivity (Wildman–Crippen MR) is 211 cm³/mol. The van der Waals surface area contributed by atoms with E-state index in [4.69, 9.17) is 14.6 Å². The molecule has 0 atom stereocenters. The van der Waals surface area contributed by atoms with E-state index in [0.29, 0.717) is 30.2 Å². The molecule has 0 radical (unpaired) electrons. The molecule has 3 N–H and O–H groups in total. The normalized spacial score (nSPS) is 10.7. The van der Waals surface area contributed by atoms with Gasteiger partial charge in [0.25, 0.3) is 5.91 Å². The van der Waals surface area contributed by atoms with Crippen LogP contribution in [-0.4, -0.2) is 40.2 Å². The number of amides is 1. The summed E-state index contributed by atoms with van der Waals surface area (Å²) in [5, 5.41) is 12.0. The first kappa shape index (κ1) is 43.4. The third-order valence-electron chi connectivity index (χ3n) is 9.03. The Hall–Kier alpha value is -3.81. The van der Waals surface area contributed by atoms with Crippen LogP contribution in [0.5, 0.6) is 11.5 Å². The lowest BCUT2D eigenvalue weighted by atomic mass is 10.1. The zero-order valence-electron chi connectivity index (χ0n) is 32.2. The number of benzene rings is 2. The van der Waals surface area contributed by atoms with Gasteiger partial charge in [-0.3, -0.25) is 4.79 Å². The molecule has 51 heavy (non-hydrogen) atoms. The molecule has 1 amide bonds. The Morgan fingerprint density at radius 2 is 1.16 bits per heavy atom. The first-order valence-corrected chi connectivity index (χ1v) is 19.9. The lowest BCUT2D eigenvalue weighted by Crippen LogP contribution is -2.13. The van der Waals surface area contributed by atoms with Crippen LogP contribution >= 0.6 is 0 Å². The van der Waals surface area contributed by atoms with Gasteiger partial charge in [0.05, 0.1) is 18.8 Å². The van der Waals surface area contributed by atoms with Crippen molar-refractivity contribution in [1.82, 2.24) is 9.97 Å². The molecule has 0 aliphatic heterocycles. The Morgan fingerprint density at radius 3 is 1.59 bits per heavy atom. The van der Waals surface area contributed by atoms with Gasteiger partial charge in [-0.05, 0) is 68.7 Å². The van der Waals surface area contributed by atoms with E-state index in [1.807, 2.05) is 19.9 Å². The molecule has 0 unspecified atom stereocenters. The van der Waals surface area contributed by atoms with Gasteiger partial charge in [-0.1, -0.05) is 129 Å². The van der Waals surface area contributed by atoms with Crippen molar-refractivity contribution in [2.45, 2.75) is 156 Å². The zero-order chi connectivity index (χ0) is 36.9. The fraction of sp³-hybridized carbons (Fsp3) is 0.605. The second-order valence-electron chi connectivity index (χ2n) is 13.7. The molecule has 0 bridgehead atoms. The summed E-state index contributed by atoms with van der Waals surface area (Å²) in [6.45, 7) is 9.61. The number of nitrogens with zero attached hydrogens (tertiary/aromatic N) is 1. The van der Waals surface area contributed by atoms with Crippen molar-refractivity contribution in [2.75, 3.05) is 18.5 Å². The summed E-state index contributed by atoms with van der Waals surface area (Å²) in [6, 6.07) is 9.77. The van der Waals surface area contributed by atoms with Gasteiger partial charge in [-0.2, -0.15) is 0 Å². The predicted octanol–water partition coefficient (Wildman–Crippen LogP) is 12.3. The van der Waals surface area contributed by atoms with Crippen LogP contribution in [0, 0.1) is 13.8 Å². The summed E-state index contributed by atoms with van der Waals surface area (Å²) in [5.74, 6) is 1.03. The van der Waals surface area contributed by atoms with E-state index in [-0.39, 0.29) is 11.5 Å². The molecule has 0 spiro atoms. The lowest BCUT2D eigenvalue weighted by molar-refractivity contribution is 0.0696. The number of hydrogen-bond donors (Lipinski definition) is 3. The van der Waals surface area contributed by atoms with Crippen molar-refractivity contribution in [3.05, 3.63) is 71.3 Å². The van der Waals surface area contributed by atoms with Gasteiger partial charge in [-0.25, -0.2) is 9.78 Å². The van der Waals surface area contributed by atoms with E-state index in [0.717, 1.165) is 42.8 Å². The van der Waals surface area contributed by atoms with Gasteiger partial charge in [0.2, 0.25) is 0 Å². The summed E-state index contributed by atoms with van der Waals surface area (Å²) >= 11 is 0. The number of ether oxygens (including phenoxy) is 2. The smallest absolute Gasteiger partial charge is 0.335 e. The van der Waals surface area contributed by atoms with Gasteiger partial charge in [0, 0.05) is 23.6 Å². The SMILES string of the molecule is CCCCCCCCCCCCOc1cc(C(=O)Nc2ccc(C(=O)O)cc2)cc(C)c1OCCCCCCCCCCCC.Cc1ncc[nH]1. The molecule has 0 aliphatic rings. The molecule has 3 aromatic rings. The molecular weight excluding hydrogens is 638 g/mol. The number of anilines is 1. The van der Waals surface area contributed by atoms with Gasteiger partial charge in [0.15, 0.2) is 11.5 Å². The van der Waals surface area contributed by atoms with Gasteiger partial charge < -0.3 is 24.9 Å². The summed E-state index contributed by atoms with van der Waals surface area (Å²) in [7, 11) is 0. The fourth-order valence-corrected chi connectivity index (χ4v) is 5.94. The van der Waals surface area contributed by atoms with Gasteiger partial charge >= 0.3 is 5.97 Å². The van der Waals surface area contributed by atoms with Crippen LogP contribution in [-0.2, 0) is 0 Å². The number of aromatic nitrogens is 2. The van der Waals surface area contributed by atoms with E-state index < -0.39 is 5.97 Å². The molecule has 0 aliphatic carbocycles. The average Bonchev–Trinajstić information content (AvgIpc) is 3.61. The van der Waals surface area contributed by atoms with Crippen LogP contribution in [0.2, 0.25) is 0 Å². The van der Waals surface area contributed by atoms with Crippen LogP contribution in [0.4, 0.5) is 5.69 Å². The molecule has 2 aromatic carbocycles. The molecule has 0 fully saturated rings. The maximum absolute atomic E-state index is 13.1. The van der Waals surface area contributed by atoms with Crippen LogP contribution in [0.25, 0.3) is 0 Å². The highest BCUT2D eigenvalue weighted by molar-refractivity contribution is 6.05. The molecule has 1 aromatic heterocycles. The Labute approximate surface area is 308 Å². The number of aromatic carboxylic acids is 1. The molecule has 8 nitrogen and oxygen atoms in total. The Balaban J connectivity index is 0.00000135. The number of carboxylic acid groups (broad SMARTS) is 1. The number of H-pyrrole nitrogens is 1. The number of carbonyl (C=O) groups excluding carboxylic acids is 1. The Bertz CT molecular complexity index is 1320. The van der Waals surface area contributed by atoms with Crippen LogP contribution in [0.3, 0.4) is 0 Å². The number of nitrogens with one attached hydrogen (secondary N) is 2. The number of carboxylic acids is 1. The topological polar surface area (TPSA) is 114 Å². The van der Waals surface area contributed by atoms with Crippen molar-refractivity contribution in [1.29, 1.82) is 0 Å². The first-order valence-electron chi connectivity index (χ1n) is 19.9. The average molecular weight is 706 g/mol. The number of rotatable bonds is 27. The second-order valence-corrected chi connectivity index (χ2v) is 13.7. The maximum Gasteiger partial charge on any atom is 0.335 e. The minimum Gasteiger partial charge on any atom is -0.490 e. The Morgan fingerprint density at radius 1 is 0.667 bits per heavy atom. The quantitative estimate of drug-likeness (QED) is 0.0680. The highest BCUT2D eigenvalue weighted by atomic mass is 16.5. The summed E-state index contributed by atoms with van der Waals surface area (Å²) < 4.78 is 12.5. The first-order chi connectivity index (χ1) is 24.8. The van der Waals surface area contributed by atoms with Crippen molar-refractivity contribution < 1.29 is 24.2 Å². The van der Waals surface area contributed by atoms with E-state index in [1.54, 1.807) is 30.6 Å². The second kappa shape index (κ2) is 27.9. The van der Waals surface area contributed by atoms with Crippen molar-refractivity contribution in [2.24, 2.45) is 0 Å². The zero-order valence-corrected chi connectivity index (χ0v) is 32.2. The summed E-state index contributed by atoms with van der Waals surface area (Å²) in [5.41, 5.74) is 2.07. The molecular formula is C43H67N3O5. The van der Waals surface area contributed by atoms with Gasteiger partial charge in [-0.15, -0.1) is 0 Å². The van der Waals surface area contributed by atoms with Crippen molar-refractivity contribution >= 4 is 17.6 Å². The highest BCUT2D eigenvalue weighted by Gasteiger charge is 2.16. The minimum atomic E-state index is -0.999. The number of unbranched alkanes of at least 4 members (excludes halogenated alkanes) is 18. The van der Waals surface area contributed by atoms with Crippen molar-refractivity contribution in [3.63, 3.8) is 0 Å². The van der Waals surface area contributed by atoms with E-state index in [9.17, 15) is 9.59 Å². The third kappa shape index (κ3) is 20.0. The third-order valence-corrected chi connectivity index (χ3v) is 9.03. The number of imidazole rings is 1. The fourth-order valence-electron chi connectivity index (χ4n) is 5.94. The van der Waals surface area contributed by atoms with Crippen molar-refractivity contribution in [3.8, 4) is 11.5 Å². The molecule has 3 rings (SSSR count). The molecule has 1 heterocycles. The highest BCUT2D eigenvalue weighted by Crippen LogP contribution is 2.34. The minimum absolute atomic E-state index is 0.176. The van der Waals surface area contributed by atoms with E-state index >= 15 is 0 Å². The van der Waals surface area contributed by atoms with Crippen LogP contribution in [0.1, 0.15) is 174 Å². The van der Waals surface area contributed by atoms with Crippen LogP contribution in [0.15, 0.2) is 48.8 Å². The number of aromatic amines is 1. The molecule has 8 heteroatoms. The largest absolute Gasteiger partial charge is 0.490 e. The molecule has 0 saturated carbocycles. The van der Waals surface area contributed by atoms with Gasteiger partial charge in [0.1, 0.15) is 5.82 Å². The monoisotopic (exact) mass is 706 g/mol. The maximum atomic E-state index is 13.1. The van der Waals surface area contributed by atoms with Crippen LogP contribution < -0.4 is 14.8 Å². The summed E-state index contributed by atoms with van der Waals surface area (Å²) in [6.07, 6.45) is 28.9. The number of carbonyl (C=O) groups is 2. The molecule has 284 valence electrons. The molecule has 0 saturated heterocycles. The van der Waals surface area contributed by atoms with E-state index in [1.165, 1.54) is 115 Å². The Kier molecular flexibility index (Phi) is 23.7.